The second-order valence-electron chi connectivity index (χ2n) is 4.02. The van der Waals surface area contributed by atoms with E-state index in [-0.39, 0.29) is 0 Å². The van der Waals surface area contributed by atoms with Gasteiger partial charge in [0.05, 0.1) is 17.3 Å². The number of rotatable bonds is 4. The summed E-state index contributed by atoms with van der Waals surface area (Å²) in [5.41, 5.74) is 2.08. The number of aromatic nitrogens is 2. The van der Waals surface area contributed by atoms with Crippen molar-refractivity contribution in [2.24, 2.45) is 0 Å². The Morgan fingerprint density at radius 1 is 1.21 bits per heavy atom. The van der Waals surface area contributed by atoms with Gasteiger partial charge in [0.15, 0.2) is 0 Å². The van der Waals surface area contributed by atoms with Crippen molar-refractivity contribution < 1.29 is 4.74 Å². The van der Waals surface area contributed by atoms with Gasteiger partial charge < -0.3 is 10.1 Å². The number of fused-ring (bicyclic) bond motifs is 1. The van der Waals surface area contributed by atoms with Gasteiger partial charge in [-0.15, -0.1) is 11.3 Å². The Hall–Kier alpha value is -2.14. The van der Waals surface area contributed by atoms with E-state index < -0.39 is 0 Å². The zero-order valence-corrected chi connectivity index (χ0v) is 11.3. The highest BCUT2D eigenvalue weighted by molar-refractivity contribution is 7.17. The van der Waals surface area contributed by atoms with Crippen LogP contribution < -0.4 is 10.1 Å². The second kappa shape index (κ2) is 5.24. The molecule has 96 valence electrons. The third-order valence-electron chi connectivity index (χ3n) is 2.88. The van der Waals surface area contributed by atoms with Crippen LogP contribution in [0.15, 0.2) is 42.0 Å². The quantitative estimate of drug-likeness (QED) is 0.790. The van der Waals surface area contributed by atoms with Crippen LogP contribution in [0.2, 0.25) is 0 Å². The van der Waals surface area contributed by atoms with E-state index >= 15 is 0 Å². The summed E-state index contributed by atoms with van der Waals surface area (Å²) in [4.78, 5) is 8.52. The lowest BCUT2D eigenvalue weighted by molar-refractivity contribution is 0.410. The van der Waals surface area contributed by atoms with Crippen molar-refractivity contribution in [2.45, 2.75) is 6.54 Å². The zero-order valence-electron chi connectivity index (χ0n) is 10.5. The van der Waals surface area contributed by atoms with Gasteiger partial charge in [0.1, 0.15) is 17.9 Å². The van der Waals surface area contributed by atoms with Crippen LogP contribution in [0.25, 0.3) is 10.2 Å². The molecule has 19 heavy (non-hydrogen) atoms. The molecular weight excluding hydrogens is 258 g/mol. The summed E-state index contributed by atoms with van der Waals surface area (Å²) in [6.45, 7) is 0.675. The normalized spacial score (nSPS) is 10.6. The molecule has 1 aromatic carbocycles. The highest BCUT2D eigenvalue weighted by Crippen LogP contribution is 2.26. The lowest BCUT2D eigenvalue weighted by Crippen LogP contribution is -2.03. The van der Waals surface area contributed by atoms with E-state index in [2.05, 4.69) is 15.3 Å². The largest absolute Gasteiger partial charge is 0.496 e. The van der Waals surface area contributed by atoms with Gasteiger partial charge in [-0.2, -0.15) is 0 Å². The summed E-state index contributed by atoms with van der Waals surface area (Å²) in [7, 11) is 1.68. The monoisotopic (exact) mass is 271 g/mol. The highest BCUT2D eigenvalue weighted by atomic mass is 32.1. The molecule has 0 spiro atoms. The molecule has 0 bridgehead atoms. The van der Waals surface area contributed by atoms with Crippen LogP contribution in [0.1, 0.15) is 5.56 Å². The van der Waals surface area contributed by atoms with Gasteiger partial charge in [-0.1, -0.05) is 18.2 Å². The molecule has 0 aliphatic heterocycles. The van der Waals surface area contributed by atoms with Crippen LogP contribution in [0.3, 0.4) is 0 Å². The van der Waals surface area contributed by atoms with Gasteiger partial charge in [-0.05, 0) is 17.5 Å². The van der Waals surface area contributed by atoms with Crippen molar-refractivity contribution in [1.82, 2.24) is 9.97 Å². The fourth-order valence-electron chi connectivity index (χ4n) is 1.94. The second-order valence-corrected chi connectivity index (χ2v) is 4.94. The van der Waals surface area contributed by atoms with Gasteiger partial charge in [-0.3, -0.25) is 0 Å². The number of benzene rings is 1. The van der Waals surface area contributed by atoms with Crippen LogP contribution >= 0.6 is 11.3 Å². The lowest BCUT2D eigenvalue weighted by Gasteiger charge is -2.10. The van der Waals surface area contributed by atoms with Gasteiger partial charge in [-0.25, -0.2) is 9.97 Å². The Bertz CT molecular complexity index is 696. The molecule has 1 N–H and O–H groups in total. The van der Waals surface area contributed by atoms with Gasteiger partial charge in [0, 0.05) is 12.1 Å². The molecule has 5 heteroatoms. The molecule has 0 saturated heterocycles. The predicted molar refractivity (Wildman–Crippen MR) is 77.7 cm³/mol. The standard InChI is InChI=1S/C14H13N3OS/c1-18-12-5-3-2-4-10(12)8-15-14-13-11(6-7-19-13)16-9-17-14/h2-7,9H,8H2,1H3,(H,15,16,17). The minimum atomic E-state index is 0.675. The van der Waals surface area contributed by atoms with E-state index in [1.54, 1.807) is 24.8 Å². The number of nitrogens with one attached hydrogen (secondary N) is 1. The Kier molecular flexibility index (Phi) is 3.29. The molecule has 0 unspecified atom stereocenters. The number of nitrogens with zero attached hydrogens (tertiary/aromatic N) is 2. The van der Waals surface area contributed by atoms with Crippen molar-refractivity contribution in [2.75, 3.05) is 12.4 Å². The van der Waals surface area contributed by atoms with Crippen LogP contribution in [0, 0.1) is 0 Å². The van der Waals surface area contributed by atoms with Crippen LogP contribution in [0.5, 0.6) is 5.75 Å². The number of methoxy groups -OCH3 is 1. The summed E-state index contributed by atoms with van der Waals surface area (Å²) in [5, 5.41) is 5.37. The molecule has 3 aromatic rings. The van der Waals surface area contributed by atoms with E-state index in [4.69, 9.17) is 4.74 Å². The van der Waals surface area contributed by atoms with E-state index in [0.29, 0.717) is 6.54 Å². The molecular formula is C14H13N3OS. The molecule has 2 heterocycles. The van der Waals surface area contributed by atoms with Gasteiger partial charge in [0.2, 0.25) is 0 Å². The summed E-state index contributed by atoms with van der Waals surface area (Å²) in [6, 6.07) is 9.96. The first-order valence-corrected chi connectivity index (χ1v) is 6.80. The topological polar surface area (TPSA) is 47.0 Å². The average Bonchev–Trinajstić information content (AvgIpc) is 2.94. The van der Waals surface area contributed by atoms with E-state index in [1.165, 1.54) is 0 Å². The minimum absolute atomic E-state index is 0.675. The van der Waals surface area contributed by atoms with E-state index in [1.807, 2.05) is 35.7 Å². The van der Waals surface area contributed by atoms with Crippen molar-refractivity contribution in [1.29, 1.82) is 0 Å². The number of hydrogen-bond acceptors (Lipinski definition) is 5. The zero-order chi connectivity index (χ0) is 13.1. The number of thiophene rings is 1. The molecule has 0 aliphatic rings. The Balaban J connectivity index is 1.84. The number of hydrogen-bond donors (Lipinski definition) is 1. The number of anilines is 1. The fourth-order valence-corrected chi connectivity index (χ4v) is 2.75. The number of ether oxygens (including phenoxy) is 1. The molecule has 0 saturated carbocycles. The third kappa shape index (κ3) is 2.37. The SMILES string of the molecule is COc1ccccc1CNc1ncnc2ccsc12. The Morgan fingerprint density at radius 3 is 3.00 bits per heavy atom. The Labute approximate surface area is 115 Å². The molecule has 4 nitrogen and oxygen atoms in total. The van der Waals surface area contributed by atoms with E-state index in [9.17, 15) is 0 Å². The van der Waals surface area contributed by atoms with Crippen LogP contribution in [0.4, 0.5) is 5.82 Å². The first-order valence-electron chi connectivity index (χ1n) is 5.92. The smallest absolute Gasteiger partial charge is 0.147 e. The van der Waals surface area contributed by atoms with Crippen molar-refractivity contribution >= 4 is 27.4 Å². The molecule has 0 fully saturated rings. The van der Waals surface area contributed by atoms with Crippen molar-refractivity contribution in [3.8, 4) is 5.75 Å². The maximum Gasteiger partial charge on any atom is 0.147 e. The lowest BCUT2D eigenvalue weighted by atomic mass is 10.2. The molecule has 0 aliphatic carbocycles. The van der Waals surface area contributed by atoms with Gasteiger partial charge in [0.25, 0.3) is 0 Å². The van der Waals surface area contributed by atoms with Crippen molar-refractivity contribution in [3.63, 3.8) is 0 Å². The molecule has 3 rings (SSSR count). The maximum atomic E-state index is 5.34. The molecule has 0 atom stereocenters. The first kappa shape index (κ1) is 11.9. The summed E-state index contributed by atoms with van der Waals surface area (Å²) in [6.07, 6.45) is 1.58. The van der Waals surface area contributed by atoms with Gasteiger partial charge >= 0.3 is 0 Å². The third-order valence-corrected chi connectivity index (χ3v) is 3.79. The van der Waals surface area contributed by atoms with Crippen molar-refractivity contribution in [3.05, 3.63) is 47.6 Å². The Morgan fingerprint density at radius 2 is 2.11 bits per heavy atom. The summed E-state index contributed by atoms with van der Waals surface area (Å²) >= 11 is 1.64. The molecule has 2 aromatic heterocycles. The summed E-state index contributed by atoms with van der Waals surface area (Å²) in [5.74, 6) is 1.75. The van der Waals surface area contributed by atoms with Crippen LogP contribution in [-0.4, -0.2) is 17.1 Å². The maximum absolute atomic E-state index is 5.34. The number of para-hydroxylation sites is 1. The molecule has 0 radical (unpaired) electrons. The van der Waals surface area contributed by atoms with Crippen LogP contribution in [-0.2, 0) is 6.54 Å². The minimum Gasteiger partial charge on any atom is -0.496 e. The molecule has 0 amide bonds. The van der Waals surface area contributed by atoms with E-state index in [0.717, 1.165) is 27.3 Å². The predicted octanol–water partition coefficient (Wildman–Crippen LogP) is 3.31. The average molecular weight is 271 g/mol. The summed E-state index contributed by atoms with van der Waals surface area (Å²) < 4.78 is 6.42. The highest BCUT2D eigenvalue weighted by Gasteiger charge is 2.06. The first-order chi connectivity index (χ1) is 9.38. The fraction of sp³-hybridized carbons (Fsp3) is 0.143.